The fourth-order valence-corrected chi connectivity index (χ4v) is 1.93. The number of ether oxygens (including phenoxy) is 1. The highest BCUT2D eigenvalue weighted by atomic mass is 16.5. The standard InChI is InChI=1S/C11H19NO/c1-10-5-4-6-11(9-10)13-8-3-2-7-12/h10-11H,2-6,8-9H2,1H3. The van der Waals surface area contributed by atoms with E-state index in [1.54, 1.807) is 0 Å². The van der Waals surface area contributed by atoms with Crippen LogP contribution in [0, 0.1) is 17.2 Å². The second kappa shape index (κ2) is 5.99. The van der Waals surface area contributed by atoms with Crippen molar-refractivity contribution >= 4 is 0 Å². The molecule has 1 rings (SSSR count). The molecular weight excluding hydrogens is 162 g/mol. The van der Waals surface area contributed by atoms with Gasteiger partial charge in [0.25, 0.3) is 0 Å². The van der Waals surface area contributed by atoms with E-state index in [4.69, 9.17) is 10.00 Å². The Bertz CT molecular complexity index is 173. The van der Waals surface area contributed by atoms with Crippen LogP contribution in [0.5, 0.6) is 0 Å². The first-order valence-electron chi connectivity index (χ1n) is 5.31. The van der Waals surface area contributed by atoms with Gasteiger partial charge in [0.15, 0.2) is 0 Å². The summed E-state index contributed by atoms with van der Waals surface area (Å²) >= 11 is 0. The Morgan fingerprint density at radius 3 is 3.00 bits per heavy atom. The zero-order chi connectivity index (χ0) is 9.52. The molecule has 0 aliphatic heterocycles. The monoisotopic (exact) mass is 181 g/mol. The van der Waals surface area contributed by atoms with E-state index in [9.17, 15) is 0 Å². The molecule has 0 aromatic heterocycles. The summed E-state index contributed by atoms with van der Waals surface area (Å²) in [5.74, 6) is 0.828. The maximum absolute atomic E-state index is 8.34. The van der Waals surface area contributed by atoms with Gasteiger partial charge in [-0.2, -0.15) is 5.26 Å². The predicted octanol–water partition coefficient (Wildman–Crippen LogP) is 2.89. The lowest BCUT2D eigenvalue weighted by Gasteiger charge is -2.26. The SMILES string of the molecule is CC1CCCC(OCCCC#N)C1. The predicted molar refractivity (Wildman–Crippen MR) is 52.2 cm³/mol. The fourth-order valence-electron chi connectivity index (χ4n) is 1.93. The first-order valence-corrected chi connectivity index (χ1v) is 5.31. The van der Waals surface area contributed by atoms with E-state index in [2.05, 4.69) is 13.0 Å². The van der Waals surface area contributed by atoms with Crippen molar-refractivity contribution in [2.24, 2.45) is 5.92 Å². The van der Waals surface area contributed by atoms with Crippen molar-refractivity contribution in [3.8, 4) is 6.07 Å². The van der Waals surface area contributed by atoms with Crippen molar-refractivity contribution in [2.75, 3.05) is 6.61 Å². The molecule has 2 unspecified atom stereocenters. The summed E-state index contributed by atoms with van der Waals surface area (Å²) in [5, 5.41) is 8.34. The molecule has 1 aliphatic carbocycles. The van der Waals surface area contributed by atoms with Gasteiger partial charge in [-0.25, -0.2) is 0 Å². The lowest BCUT2D eigenvalue weighted by molar-refractivity contribution is 0.0149. The zero-order valence-electron chi connectivity index (χ0n) is 8.46. The van der Waals surface area contributed by atoms with Crippen LogP contribution in [-0.4, -0.2) is 12.7 Å². The Morgan fingerprint density at radius 1 is 1.46 bits per heavy atom. The molecule has 2 nitrogen and oxygen atoms in total. The van der Waals surface area contributed by atoms with E-state index >= 15 is 0 Å². The van der Waals surface area contributed by atoms with Gasteiger partial charge < -0.3 is 4.74 Å². The number of hydrogen-bond acceptors (Lipinski definition) is 2. The lowest BCUT2D eigenvalue weighted by atomic mass is 9.89. The average molecular weight is 181 g/mol. The summed E-state index contributed by atoms with van der Waals surface area (Å²) < 4.78 is 5.70. The largest absolute Gasteiger partial charge is 0.378 e. The Balaban J connectivity index is 2.04. The van der Waals surface area contributed by atoms with Crippen molar-refractivity contribution in [3.05, 3.63) is 0 Å². The maximum atomic E-state index is 8.34. The van der Waals surface area contributed by atoms with Crippen molar-refractivity contribution in [3.63, 3.8) is 0 Å². The minimum atomic E-state index is 0.474. The molecule has 0 N–H and O–H groups in total. The Kier molecular flexibility index (Phi) is 4.85. The van der Waals surface area contributed by atoms with Crippen LogP contribution in [0.25, 0.3) is 0 Å². The van der Waals surface area contributed by atoms with Gasteiger partial charge in [0.05, 0.1) is 12.2 Å². The maximum Gasteiger partial charge on any atom is 0.0622 e. The second-order valence-corrected chi connectivity index (χ2v) is 4.03. The molecule has 0 radical (unpaired) electrons. The van der Waals surface area contributed by atoms with Crippen LogP contribution in [0.2, 0.25) is 0 Å². The summed E-state index contributed by atoms with van der Waals surface area (Å²) in [6.07, 6.45) is 7.09. The van der Waals surface area contributed by atoms with Crippen LogP contribution < -0.4 is 0 Å². The molecule has 1 saturated carbocycles. The first kappa shape index (κ1) is 10.5. The Hall–Kier alpha value is -0.550. The van der Waals surface area contributed by atoms with Gasteiger partial charge in [0.2, 0.25) is 0 Å². The smallest absolute Gasteiger partial charge is 0.0622 e. The highest BCUT2D eigenvalue weighted by molar-refractivity contribution is 4.71. The van der Waals surface area contributed by atoms with Gasteiger partial charge in [-0.1, -0.05) is 19.8 Å². The topological polar surface area (TPSA) is 33.0 Å². The molecule has 2 atom stereocenters. The van der Waals surface area contributed by atoms with Gasteiger partial charge in [0, 0.05) is 13.0 Å². The van der Waals surface area contributed by atoms with Crippen LogP contribution in [-0.2, 0) is 4.74 Å². The first-order chi connectivity index (χ1) is 6.33. The third kappa shape index (κ3) is 4.28. The van der Waals surface area contributed by atoms with Gasteiger partial charge in [-0.3, -0.25) is 0 Å². The van der Waals surface area contributed by atoms with E-state index < -0.39 is 0 Å². The normalized spacial score (nSPS) is 28.3. The quantitative estimate of drug-likeness (QED) is 0.625. The van der Waals surface area contributed by atoms with E-state index in [1.807, 2.05) is 0 Å². The number of nitriles is 1. The molecule has 13 heavy (non-hydrogen) atoms. The molecule has 1 aliphatic rings. The molecule has 0 heterocycles. The van der Waals surface area contributed by atoms with Crippen molar-refractivity contribution < 1.29 is 4.74 Å². The van der Waals surface area contributed by atoms with Gasteiger partial charge in [0.1, 0.15) is 0 Å². The molecule has 0 saturated heterocycles. The molecule has 0 aromatic carbocycles. The highest BCUT2D eigenvalue weighted by Crippen LogP contribution is 2.25. The summed E-state index contributed by atoms with van der Waals surface area (Å²) in [6, 6.07) is 2.13. The highest BCUT2D eigenvalue weighted by Gasteiger charge is 2.18. The average Bonchev–Trinajstić information content (AvgIpc) is 2.13. The van der Waals surface area contributed by atoms with Crippen LogP contribution in [0.15, 0.2) is 0 Å². The summed E-state index contributed by atoms with van der Waals surface area (Å²) in [7, 11) is 0. The molecule has 0 aromatic rings. The van der Waals surface area contributed by atoms with Crippen LogP contribution in [0.3, 0.4) is 0 Å². The molecule has 0 amide bonds. The van der Waals surface area contributed by atoms with E-state index in [0.29, 0.717) is 12.5 Å². The minimum absolute atomic E-state index is 0.474. The van der Waals surface area contributed by atoms with E-state index in [1.165, 1.54) is 25.7 Å². The van der Waals surface area contributed by atoms with Crippen LogP contribution >= 0.6 is 0 Å². The Labute approximate surface area is 80.9 Å². The van der Waals surface area contributed by atoms with Crippen molar-refractivity contribution in [1.29, 1.82) is 5.26 Å². The number of unbranched alkanes of at least 4 members (excludes halogenated alkanes) is 1. The lowest BCUT2D eigenvalue weighted by Crippen LogP contribution is -2.21. The second-order valence-electron chi connectivity index (χ2n) is 4.03. The number of rotatable bonds is 4. The number of nitrogens with zero attached hydrogens (tertiary/aromatic N) is 1. The van der Waals surface area contributed by atoms with Crippen molar-refractivity contribution in [2.45, 2.75) is 51.6 Å². The molecule has 0 bridgehead atoms. The Morgan fingerprint density at radius 2 is 2.31 bits per heavy atom. The van der Waals surface area contributed by atoms with Crippen LogP contribution in [0.1, 0.15) is 45.4 Å². The molecule has 1 fully saturated rings. The van der Waals surface area contributed by atoms with Crippen molar-refractivity contribution in [1.82, 2.24) is 0 Å². The van der Waals surface area contributed by atoms with E-state index in [0.717, 1.165) is 18.9 Å². The molecule has 2 heteroatoms. The third-order valence-electron chi connectivity index (χ3n) is 2.67. The van der Waals surface area contributed by atoms with Gasteiger partial charge >= 0.3 is 0 Å². The number of hydrogen-bond donors (Lipinski definition) is 0. The van der Waals surface area contributed by atoms with Crippen LogP contribution in [0.4, 0.5) is 0 Å². The summed E-state index contributed by atoms with van der Waals surface area (Å²) in [5.41, 5.74) is 0. The van der Waals surface area contributed by atoms with E-state index in [-0.39, 0.29) is 0 Å². The van der Waals surface area contributed by atoms with Gasteiger partial charge in [-0.15, -0.1) is 0 Å². The van der Waals surface area contributed by atoms with Gasteiger partial charge in [-0.05, 0) is 25.2 Å². The summed E-state index contributed by atoms with van der Waals surface area (Å²) in [6.45, 7) is 3.07. The molecule has 74 valence electrons. The molecular formula is C11H19NO. The fraction of sp³-hybridized carbons (Fsp3) is 0.909. The minimum Gasteiger partial charge on any atom is -0.378 e. The molecule has 0 spiro atoms. The third-order valence-corrected chi connectivity index (χ3v) is 2.67. The zero-order valence-corrected chi connectivity index (χ0v) is 8.46. The summed E-state index contributed by atoms with van der Waals surface area (Å²) in [4.78, 5) is 0.